The van der Waals surface area contributed by atoms with Crippen molar-refractivity contribution in [3.05, 3.63) is 45.1 Å². The van der Waals surface area contributed by atoms with Crippen LogP contribution in [-0.2, 0) is 6.42 Å². The Balaban J connectivity index is 2.03. The van der Waals surface area contributed by atoms with E-state index in [9.17, 15) is 4.79 Å². The van der Waals surface area contributed by atoms with Crippen molar-refractivity contribution in [1.82, 2.24) is 0 Å². The maximum atomic E-state index is 12.6. The molecule has 1 aromatic heterocycles. The van der Waals surface area contributed by atoms with E-state index in [2.05, 4.69) is 0 Å². The Kier molecular flexibility index (Phi) is 3.21. The fraction of sp³-hybridized carbons (Fsp3) is 0.214. The second kappa shape index (κ2) is 4.87. The summed E-state index contributed by atoms with van der Waals surface area (Å²) in [5.41, 5.74) is 8.73. The van der Waals surface area contributed by atoms with Crippen molar-refractivity contribution in [2.45, 2.75) is 12.8 Å². The van der Waals surface area contributed by atoms with Crippen LogP contribution in [0.3, 0.4) is 0 Å². The second-order valence-electron chi connectivity index (χ2n) is 4.50. The molecule has 0 atom stereocenters. The van der Waals surface area contributed by atoms with Gasteiger partial charge in [0.2, 0.25) is 0 Å². The molecule has 2 heterocycles. The minimum absolute atomic E-state index is 0.0356. The van der Waals surface area contributed by atoms with Crippen molar-refractivity contribution in [3.8, 4) is 0 Å². The number of fused-ring (bicyclic) bond motifs is 1. The molecule has 2 aromatic rings. The van der Waals surface area contributed by atoms with E-state index in [0.29, 0.717) is 16.4 Å². The zero-order valence-electron chi connectivity index (χ0n) is 10.2. The van der Waals surface area contributed by atoms with Crippen LogP contribution in [0.2, 0.25) is 5.02 Å². The van der Waals surface area contributed by atoms with Gasteiger partial charge in [-0.3, -0.25) is 4.79 Å². The number of nitrogens with two attached hydrogens (primary N) is 1. The van der Waals surface area contributed by atoms with Gasteiger partial charge in [0.15, 0.2) is 0 Å². The molecule has 0 spiro atoms. The number of carbonyl (C=O) groups is 1. The molecule has 0 saturated carbocycles. The normalized spacial score (nSPS) is 14.3. The molecule has 1 aromatic carbocycles. The Labute approximate surface area is 120 Å². The van der Waals surface area contributed by atoms with Crippen LogP contribution in [0.1, 0.15) is 21.7 Å². The summed E-state index contributed by atoms with van der Waals surface area (Å²) in [5, 5.41) is 2.35. The van der Waals surface area contributed by atoms with Gasteiger partial charge in [-0.25, -0.2) is 0 Å². The fourth-order valence-corrected chi connectivity index (χ4v) is 3.52. The number of nitrogens with zero attached hydrogens (tertiary/aromatic N) is 1. The molecule has 1 aliphatic heterocycles. The van der Waals surface area contributed by atoms with Gasteiger partial charge in [0.1, 0.15) is 4.88 Å². The second-order valence-corrected chi connectivity index (χ2v) is 5.83. The maximum absolute atomic E-state index is 12.6. The third-order valence-electron chi connectivity index (χ3n) is 3.34. The van der Waals surface area contributed by atoms with Crippen LogP contribution in [0.15, 0.2) is 29.6 Å². The van der Waals surface area contributed by atoms with Crippen LogP contribution < -0.4 is 10.6 Å². The van der Waals surface area contributed by atoms with Crippen molar-refractivity contribution in [2.75, 3.05) is 17.2 Å². The van der Waals surface area contributed by atoms with Crippen molar-refractivity contribution in [3.63, 3.8) is 0 Å². The number of amides is 1. The zero-order chi connectivity index (χ0) is 13.4. The van der Waals surface area contributed by atoms with E-state index in [1.165, 1.54) is 11.3 Å². The summed E-state index contributed by atoms with van der Waals surface area (Å²) in [7, 11) is 0. The van der Waals surface area contributed by atoms with Gasteiger partial charge in [-0.2, -0.15) is 0 Å². The predicted molar refractivity (Wildman–Crippen MR) is 80.2 cm³/mol. The lowest BCUT2D eigenvalue weighted by atomic mass is 10.00. The zero-order valence-corrected chi connectivity index (χ0v) is 11.8. The Hall–Kier alpha value is -1.52. The number of halogens is 1. The van der Waals surface area contributed by atoms with Gasteiger partial charge in [-0.1, -0.05) is 17.7 Å². The molecule has 19 heavy (non-hydrogen) atoms. The smallest absolute Gasteiger partial charge is 0.269 e. The van der Waals surface area contributed by atoms with Crippen molar-refractivity contribution < 1.29 is 4.79 Å². The molecule has 3 rings (SSSR count). The molecule has 0 aliphatic carbocycles. The van der Waals surface area contributed by atoms with Gasteiger partial charge in [0.25, 0.3) is 5.91 Å². The molecule has 0 bridgehead atoms. The largest absolute Gasteiger partial charge is 0.398 e. The molecule has 1 amide bonds. The molecule has 1 aliphatic rings. The summed E-state index contributed by atoms with van der Waals surface area (Å²) in [5.74, 6) is -0.0356. The van der Waals surface area contributed by atoms with Gasteiger partial charge >= 0.3 is 0 Å². The highest BCUT2D eigenvalue weighted by atomic mass is 35.5. The molecule has 2 N–H and O–H groups in total. The lowest BCUT2D eigenvalue weighted by Gasteiger charge is -2.30. The number of nitrogen functional groups attached to an aromatic ring is 1. The topological polar surface area (TPSA) is 46.3 Å². The van der Waals surface area contributed by atoms with E-state index in [-0.39, 0.29) is 5.91 Å². The van der Waals surface area contributed by atoms with E-state index in [1.54, 1.807) is 11.0 Å². The molecular weight excluding hydrogens is 280 g/mol. The summed E-state index contributed by atoms with van der Waals surface area (Å²) >= 11 is 7.43. The van der Waals surface area contributed by atoms with Gasteiger partial charge in [0, 0.05) is 17.9 Å². The molecule has 98 valence electrons. The monoisotopic (exact) mass is 292 g/mol. The highest BCUT2D eigenvalue weighted by molar-refractivity contribution is 7.12. The van der Waals surface area contributed by atoms with Crippen LogP contribution in [0.5, 0.6) is 0 Å². The fourth-order valence-electron chi connectivity index (χ4n) is 2.43. The predicted octanol–water partition coefficient (Wildman–Crippen LogP) is 3.58. The number of anilines is 2. The van der Waals surface area contributed by atoms with Crippen LogP contribution >= 0.6 is 22.9 Å². The Bertz CT molecular complexity index is 638. The average Bonchev–Trinajstić information content (AvgIpc) is 2.84. The number of rotatable bonds is 1. The number of hydrogen-bond donors (Lipinski definition) is 1. The molecule has 5 heteroatoms. The molecule has 3 nitrogen and oxygen atoms in total. The SMILES string of the molecule is Nc1cccc2c1CCCN2C(=O)c1sccc1Cl. The number of benzene rings is 1. The number of hydrogen-bond acceptors (Lipinski definition) is 3. The van der Waals surface area contributed by atoms with E-state index < -0.39 is 0 Å². The highest BCUT2D eigenvalue weighted by Crippen LogP contribution is 2.34. The van der Waals surface area contributed by atoms with Crippen molar-refractivity contribution >= 4 is 40.2 Å². The molecule has 0 saturated heterocycles. The summed E-state index contributed by atoms with van der Waals surface area (Å²) in [4.78, 5) is 14.9. The Morgan fingerprint density at radius 1 is 1.37 bits per heavy atom. The van der Waals surface area contributed by atoms with Gasteiger partial charge in [-0.05, 0) is 42.0 Å². The lowest BCUT2D eigenvalue weighted by molar-refractivity contribution is 0.0989. The first-order valence-corrected chi connectivity index (χ1v) is 7.36. The first-order valence-electron chi connectivity index (χ1n) is 6.10. The molecule has 0 radical (unpaired) electrons. The Morgan fingerprint density at radius 2 is 2.21 bits per heavy atom. The van der Waals surface area contributed by atoms with Crippen molar-refractivity contribution in [2.24, 2.45) is 0 Å². The quantitative estimate of drug-likeness (QED) is 0.817. The van der Waals surface area contributed by atoms with Gasteiger partial charge < -0.3 is 10.6 Å². The molecular formula is C14H13ClN2OS. The van der Waals surface area contributed by atoms with Crippen LogP contribution in [0, 0.1) is 0 Å². The maximum Gasteiger partial charge on any atom is 0.269 e. The molecule has 0 unspecified atom stereocenters. The summed E-state index contributed by atoms with van der Waals surface area (Å²) < 4.78 is 0. The van der Waals surface area contributed by atoms with E-state index in [0.717, 1.165) is 29.8 Å². The van der Waals surface area contributed by atoms with Crippen molar-refractivity contribution in [1.29, 1.82) is 0 Å². The third-order valence-corrected chi connectivity index (χ3v) is 4.67. The number of thiophene rings is 1. The summed E-state index contributed by atoms with van der Waals surface area (Å²) in [6, 6.07) is 7.47. The lowest BCUT2D eigenvalue weighted by Crippen LogP contribution is -2.35. The minimum Gasteiger partial charge on any atom is -0.398 e. The average molecular weight is 293 g/mol. The first kappa shape index (κ1) is 12.5. The van der Waals surface area contributed by atoms with E-state index in [1.807, 2.05) is 23.6 Å². The van der Waals surface area contributed by atoms with Crippen LogP contribution in [0.4, 0.5) is 11.4 Å². The third kappa shape index (κ3) is 2.11. The standard InChI is InChI=1S/C14H13ClN2OS/c15-10-6-8-19-13(10)14(18)17-7-2-3-9-11(16)4-1-5-12(9)17/h1,4-6,8H,2-3,7,16H2. The summed E-state index contributed by atoms with van der Waals surface area (Å²) in [6.45, 7) is 0.712. The minimum atomic E-state index is -0.0356. The number of carbonyl (C=O) groups excluding carboxylic acids is 1. The molecule has 0 fully saturated rings. The van der Waals surface area contributed by atoms with Crippen LogP contribution in [-0.4, -0.2) is 12.5 Å². The van der Waals surface area contributed by atoms with Crippen LogP contribution in [0.25, 0.3) is 0 Å². The van der Waals surface area contributed by atoms with E-state index in [4.69, 9.17) is 17.3 Å². The summed E-state index contributed by atoms with van der Waals surface area (Å²) in [6.07, 6.45) is 1.85. The van der Waals surface area contributed by atoms with E-state index >= 15 is 0 Å². The first-order chi connectivity index (χ1) is 9.18. The highest BCUT2D eigenvalue weighted by Gasteiger charge is 2.26. The van der Waals surface area contributed by atoms with Gasteiger partial charge in [-0.15, -0.1) is 11.3 Å². The van der Waals surface area contributed by atoms with Gasteiger partial charge in [0.05, 0.1) is 5.02 Å². The Morgan fingerprint density at radius 3 is 2.95 bits per heavy atom.